The van der Waals surface area contributed by atoms with E-state index in [4.69, 9.17) is 17.3 Å². The maximum Gasteiger partial charge on any atom is 0.273 e. The van der Waals surface area contributed by atoms with Gasteiger partial charge in [0.1, 0.15) is 0 Å². The molecule has 0 saturated heterocycles. The van der Waals surface area contributed by atoms with Crippen molar-refractivity contribution in [3.8, 4) is 0 Å². The molecular weight excluding hydrogens is 220 g/mol. The van der Waals surface area contributed by atoms with Gasteiger partial charge in [-0.05, 0) is 13.0 Å². The second-order valence-electron chi connectivity index (χ2n) is 2.99. The van der Waals surface area contributed by atoms with Crippen LogP contribution >= 0.6 is 11.6 Å². The number of hydrogen-bond acceptors (Lipinski definition) is 4. The lowest BCUT2D eigenvalue weighted by atomic mass is 10.0. The van der Waals surface area contributed by atoms with Crippen molar-refractivity contribution in [2.24, 2.45) is 0 Å². The molecule has 0 aliphatic carbocycles. The second-order valence-corrected chi connectivity index (χ2v) is 3.26. The van der Waals surface area contributed by atoms with Crippen molar-refractivity contribution in [3.63, 3.8) is 0 Å². The third kappa shape index (κ3) is 2.07. The van der Waals surface area contributed by atoms with Gasteiger partial charge in [0.2, 0.25) is 0 Å². The van der Waals surface area contributed by atoms with Gasteiger partial charge in [-0.25, -0.2) is 0 Å². The van der Waals surface area contributed by atoms with Crippen molar-refractivity contribution in [2.45, 2.75) is 6.92 Å². The Balaban J connectivity index is 3.43. The summed E-state index contributed by atoms with van der Waals surface area (Å²) in [5, 5.41) is 10.6. The van der Waals surface area contributed by atoms with E-state index in [9.17, 15) is 14.9 Å². The summed E-state index contributed by atoms with van der Waals surface area (Å²) in [6.45, 7) is 1.48. The molecule has 1 rings (SSSR count). The second kappa shape index (κ2) is 4.27. The van der Waals surface area contributed by atoms with E-state index in [0.29, 0.717) is 0 Å². The lowest BCUT2D eigenvalue weighted by Crippen LogP contribution is -2.09. The van der Waals surface area contributed by atoms with Crippen molar-refractivity contribution in [1.29, 1.82) is 0 Å². The highest BCUT2D eigenvalue weighted by Crippen LogP contribution is 2.26. The fourth-order valence-corrected chi connectivity index (χ4v) is 1.49. The number of nitrogens with zero attached hydrogens (tertiary/aromatic N) is 1. The van der Waals surface area contributed by atoms with Crippen LogP contribution in [0.3, 0.4) is 0 Å². The summed E-state index contributed by atoms with van der Waals surface area (Å²) < 4.78 is 0. The number of hydrogen-bond donors (Lipinski definition) is 1. The lowest BCUT2D eigenvalue weighted by Gasteiger charge is -2.06. The van der Waals surface area contributed by atoms with Gasteiger partial charge in [0.25, 0.3) is 5.69 Å². The van der Waals surface area contributed by atoms with Crippen LogP contribution in [0.25, 0.3) is 0 Å². The van der Waals surface area contributed by atoms with Crippen LogP contribution in [-0.4, -0.2) is 16.6 Å². The van der Waals surface area contributed by atoms with Gasteiger partial charge in [0, 0.05) is 17.3 Å². The van der Waals surface area contributed by atoms with Crippen molar-refractivity contribution in [2.75, 3.05) is 11.6 Å². The van der Waals surface area contributed by atoms with Crippen molar-refractivity contribution in [1.82, 2.24) is 0 Å². The Kier molecular flexibility index (Phi) is 3.26. The molecule has 5 nitrogen and oxygen atoms in total. The van der Waals surface area contributed by atoms with Gasteiger partial charge in [-0.3, -0.25) is 14.9 Å². The number of anilines is 1. The van der Waals surface area contributed by atoms with Crippen LogP contribution in [0.4, 0.5) is 11.4 Å². The number of nitrogens with two attached hydrogens (primary N) is 1. The molecule has 1 aromatic rings. The predicted molar refractivity (Wildman–Crippen MR) is 57.3 cm³/mol. The Morgan fingerprint density at radius 3 is 2.67 bits per heavy atom. The molecule has 0 aliphatic rings. The summed E-state index contributed by atoms with van der Waals surface area (Å²) in [7, 11) is 0. The molecular formula is C9H9ClN2O3. The zero-order valence-corrected chi connectivity index (χ0v) is 8.75. The average Bonchev–Trinajstić information content (AvgIpc) is 2.16. The number of ketones is 1. The smallest absolute Gasteiger partial charge is 0.273 e. The number of carbonyl (C=O) groups is 1. The van der Waals surface area contributed by atoms with E-state index in [0.717, 1.165) is 0 Å². The maximum absolute atomic E-state index is 11.4. The van der Waals surface area contributed by atoms with Gasteiger partial charge in [0.15, 0.2) is 5.78 Å². The average molecular weight is 229 g/mol. The predicted octanol–water partition coefficient (Wildman–Crippen LogP) is 1.91. The van der Waals surface area contributed by atoms with Crippen LogP contribution in [0.1, 0.15) is 15.9 Å². The number of rotatable bonds is 3. The third-order valence-corrected chi connectivity index (χ3v) is 2.31. The van der Waals surface area contributed by atoms with Gasteiger partial charge < -0.3 is 5.73 Å². The molecule has 0 unspecified atom stereocenters. The fraction of sp³-hybridized carbons (Fsp3) is 0.222. The topological polar surface area (TPSA) is 86.2 Å². The summed E-state index contributed by atoms with van der Waals surface area (Å²) in [5.41, 5.74) is 6.04. The Bertz CT molecular complexity index is 432. The molecule has 15 heavy (non-hydrogen) atoms. The quantitative estimate of drug-likeness (QED) is 0.281. The summed E-state index contributed by atoms with van der Waals surface area (Å²) in [5.74, 6) is -0.651. The van der Waals surface area contributed by atoms with E-state index >= 15 is 0 Å². The zero-order valence-electron chi connectivity index (χ0n) is 7.99. The van der Waals surface area contributed by atoms with Crippen molar-refractivity contribution in [3.05, 3.63) is 33.4 Å². The number of nitrogen functional groups attached to an aromatic ring is 1. The van der Waals surface area contributed by atoms with Crippen LogP contribution < -0.4 is 5.73 Å². The fourth-order valence-electron chi connectivity index (χ4n) is 1.36. The molecule has 0 heterocycles. The third-order valence-electron chi connectivity index (χ3n) is 2.07. The first-order valence-corrected chi connectivity index (χ1v) is 4.65. The van der Waals surface area contributed by atoms with Crippen LogP contribution in [0.15, 0.2) is 12.1 Å². The van der Waals surface area contributed by atoms with Crippen LogP contribution in [0.5, 0.6) is 0 Å². The molecule has 0 spiro atoms. The minimum Gasteiger partial charge on any atom is -0.398 e. The van der Waals surface area contributed by atoms with Gasteiger partial charge in [-0.15, -0.1) is 11.6 Å². The van der Waals surface area contributed by atoms with Gasteiger partial charge in [-0.2, -0.15) is 0 Å². The highest BCUT2D eigenvalue weighted by Gasteiger charge is 2.20. The lowest BCUT2D eigenvalue weighted by molar-refractivity contribution is -0.385. The van der Waals surface area contributed by atoms with Crippen molar-refractivity contribution >= 4 is 28.8 Å². The molecule has 0 amide bonds. The van der Waals surface area contributed by atoms with Gasteiger partial charge >= 0.3 is 0 Å². The van der Waals surface area contributed by atoms with E-state index in [1.807, 2.05) is 0 Å². The Hall–Kier alpha value is -1.62. The van der Waals surface area contributed by atoms with Gasteiger partial charge in [-0.1, -0.05) is 0 Å². The highest BCUT2D eigenvalue weighted by atomic mass is 35.5. The standard InChI is InChI=1S/C9H9ClN2O3/c1-5-7(12(14)15)3-2-6(11)9(5)8(13)4-10/h2-3H,4,11H2,1H3. The van der Waals surface area contributed by atoms with Crippen LogP contribution in [0, 0.1) is 17.0 Å². The first-order valence-electron chi connectivity index (χ1n) is 4.11. The molecule has 0 radical (unpaired) electrons. The maximum atomic E-state index is 11.4. The largest absolute Gasteiger partial charge is 0.398 e. The monoisotopic (exact) mass is 228 g/mol. The highest BCUT2D eigenvalue weighted by molar-refractivity contribution is 6.31. The van der Waals surface area contributed by atoms with Crippen molar-refractivity contribution < 1.29 is 9.72 Å². The number of carbonyl (C=O) groups excluding carboxylic acids is 1. The molecule has 6 heteroatoms. The normalized spacial score (nSPS) is 10.0. The van der Waals surface area contributed by atoms with Crippen LogP contribution in [0.2, 0.25) is 0 Å². The molecule has 0 atom stereocenters. The number of benzene rings is 1. The van der Waals surface area contributed by atoms with E-state index in [2.05, 4.69) is 0 Å². The summed E-state index contributed by atoms with van der Waals surface area (Å²) >= 11 is 5.39. The molecule has 80 valence electrons. The number of nitro benzene ring substituents is 1. The zero-order chi connectivity index (χ0) is 11.6. The molecule has 0 saturated carbocycles. The Labute approximate surface area is 91.0 Å². The molecule has 0 aromatic heterocycles. The minimum atomic E-state index is -0.556. The first-order chi connectivity index (χ1) is 6.99. The Morgan fingerprint density at radius 2 is 2.20 bits per heavy atom. The molecule has 1 aromatic carbocycles. The number of nitro groups is 1. The van der Waals surface area contributed by atoms with E-state index in [1.165, 1.54) is 19.1 Å². The molecule has 0 fully saturated rings. The Morgan fingerprint density at radius 1 is 1.60 bits per heavy atom. The van der Waals surface area contributed by atoms with E-state index in [-0.39, 0.29) is 28.4 Å². The van der Waals surface area contributed by atoms with Gasteiger partial charge in [0.05, 0.1) is 16.4 Å². The first kappa shape index (κ1) is 11.5. The summed E-state index contributed by atoms with van der Waals surface area (Å²) in [6, 6.07) is 2.61. The number of alkyl halides is 1. The summed E-state index contributed by atoms with van der Waals surface area (Å²) in [6.07, 6.45) is 0. The molecule has 0 bridgehead atoms. The molecule has 0 aliphatic heterocycles. The summed E-state index contributed by atoms with van der Waals surface area (Å²) in [4.78, 5) is 21.5. The number of halogens is 1. The van der Waals surface area contributed by atoms with Crippen LogP contribution in [-0.2, 0) is 0 Å². The minimum absolute atomic E-state index is 0.127. The SMILES string of the molecule is Cc1c([N+](=O)[O-])ccc(N)c1C(=O)CCl. The number of Topliss-reactive ketones (excluding diaryl/α,β-unsaturated/α-hetero) is 1. The van der Waals surface area contributed by atoms with E-state index < -0.39 is 10.7 Å². The molecule has 2 N–H and O–H groups in total. The van der Waals surface area contributed by atoms with E-state index in [1.54, 1.807) is 0 Å².